The fraction of sp³-hybridized carbons (Fsp3) is 0.143. The molecule has 2 heterocycles. The van der Waals surface area contributed by atoms with Crippen LogP contribution >= 0.6 is 0 Å². The van der Waals surface area contributed by atoms with Gasteiger partial charge in [-0.05, 0) is 13.0 Å². The fourth-order valence-corrected chi connectivity index (χ4v) is 0.850. The zero-order valence-electron chi connectivity index (χ0n) is 5.55. The molecule has 0 spiro atoms. The Kier molecular flexibility index (Phi) is 0.974. The molecule has 1 aromatic rings. The Balaban J connectivity index is 2.37. The van der Waals surface area contributed by atoms with Crippen LogP contribution in [0.5, 0.6) is 11.5 Å². The molecular weight excluding hydrogens is 130 g/mol. The van der Waals surface area contributed by atoms with E-state index in [0.29, 0.717) is 5.95 Å². The van der Waals surface area contributed by atoms with E-state index in [9.17, 15) is 0 Å². The Labute approximate surface area is 58.3 Å². The van der Waals surface area contributed by atoms with Gasteiger partial charge in [-0.3, -0.25) is 0 Å². The molecule has 0 bridgehead atoms. The van der Waals surface area contributed by atoms with E-state index in [4.69, 9.17) is 9.47 Å². The normalized spacial score (nSPS) is 13.9. The van der Waals surface area contributed by atoms with Gasteiger partial charge in [0.1, 0.15) is 0 Å². The van der Waals surface area contributed by atoms with Crippen LogP contribution in [0.1, 0.15) is 6.92 Å². The van der Waals surface area contributed by atoms with E-state index in [1.807, 2.05) is 6.92 Å². The Morgan fingerprint density at radius 3 is 2.40 bits per heavy atom. The van der Waals surface area contributed by atoms with E-state index in [1.165, 1.54) is 0 Å². The molecule has 0 aromatic carbocycles. The van der Waals surface area contributed by atoms with Gasteiger partial charge in [-0.1, -0.05) is 0 Å². The van der Waals surface area contributed by atoms with Gasteiger partial charge in [-0.15, -0.1) is 0 Å². The zero-order valence-corrected chi connectivity index (χ0v) is 5.55. The highest BCUT2D eigenvalue weighted by Gasteiger charge is 2.18. The second-order valence-corrected chi connectivity index (χ2v) is 2.00. The summed E-state index contributed by atoms with van der Waals surface area (Å²) in [6, 6.07) is 0. The molecule has 0 saturated heterocycles. The predicted octanol–water partition coefficient (Wildman–Crippen LogP) is 1.65. The average Bonchev–Trinajstić information content (AvgIpc) is 2.42. The van der Waals surface area contributed by atoms with Crippen LogP contribution in [0, 0.1) is 0 Å². The van der Waals surface area contributed by atoms with Crippen LogP contribution in [0.4, 0.5) is 0 Å². The van der Waals surface area contributed by atoms with Crippen LogP contribution in [0.3, 0.4) is 0 Å². The van der Waals surface area contributed by atoms with Crippen LogP contribution in [-0.2, 0) is 0 Å². The maximum atomic E-state index is 5.20. The third-order valence-corrected chi connectivity index (χ3v) is 1.33. The second-order valence-electron chi connectivity index (χ2n) is 2.00. The summed E-state index contributed by atoms with van der Waals surface area (Å²) in [5.41, 5.74) is 0. The van der Waals surface area contributed by atoms with Crippen LogP contribution in [0.25, 0.3) is 0 Å². The van der Waals surface area contributed by atoms with E-state index in [2.05, 4.69) is 4.98 Å². The monoisotopic (exact) mass is 137 g/mol. The van der Waals surface area contributed by atoms with Crippen molar-refractivity contribution in [3.63, 3.8) is 0 Å². The zero-order chi connectivity index (χ0) is 6.97. The molecule has 3 heteroatoms. The molecule has 0 saturated carbocycles. The number of hydrogen-bond donors (Lipinski definition) is 1. The molecule has 2 rings (SSSR count). The largest absolute Gasteiger partial charge is 0.421 e. The van der Waals surface area contributed by atoms with Crippen LogP contribution < -0.4 is 9.47 Å². The van der Waals surface area contributed by atoms with Gasteiger partial charge in [-0.25, -0.2) is 0 Å². The van der Waals surface area contributed by atoms with Gasteiger partial charge in [0.2, 0.25) is 0 Å². The van der Waals surface area contributed by atoms with Crippen LogP contribution in [0.15, 0.2) is 24.4 Å². The van der Waals surface area contributed by atoms with Gasteiger partial charge < -0.3 is 14.5 Å². The summed E-state index contributed by atoms with van der Waals surface area (Å²) in [4.78, 5) is 2.87. The van der Waals surface area contributed by atoms with Gasteiger partial charge in [0.25, 0.3) is 5.95 Å². The Hall–Kier alpha value is -1.38. The second kappa shape index (κ2) is 1.80. The van der Waals surface area contributed by atoms with Crippen molar-refractivity contribution >= 4 is 0 Å². The molecule has 1 aliphatic rings. The summed E-state index contributed by atoms with van der Waals surface area (Å²) in [6.07, 6.45) is 5.29. The molecule has 1 aromatic heterocycles. The first-order valence-electron chi connectivity index (χ1n) is 3.09. The lowest BCUT2D eigenvalue weighted by atomic mass is 10.6. The molecule has 0 unspecified atom stereocenters. The minimum atomic E-state index is 0.555. The van der Waals surface area contributed by atoms with E-state index < -0.39 is 0 Å². The van der Waals surface area contributed by atoms with Crippen molar-refractivity contribution in [3.05, 3.63) is 24.4 Å². The first kappa shape index (κ1) is 5.41. The van der Waals surface area contributed by atoms with E-state index >= 15 is 0 Å². The van der Waals surface area contributed by atoms with Gasteiger partial charge >= 0.3 is 0 Å². The molecule has 0 aliphatic carbocycles. The third-order valence-electron chi connectivity index (χ3n) is 1.33. The van der Waals surface area contributed by atoms with Crippen molar-refractivity contribution in [2.75, 3.05) is 0 Å². The molecular formula is C7H7NO2. The molecule has 0 atom stereocenters. The fourth-order valence-electron chi connectivity index (χ4n) is 0.850. The highest BCUT2D eigenvalue weighted by molar-refractivity contribution is 5.42. The Morgan fingerprint density at radius 1 is 1.30 bits per heavy atom. The topological polar surface area (TPSA) is 34.2 Å². The lowest BCUT2D eigenvalue weighted by molar-refractivity contribution is 0.284. The molecule has 1 N–H and O–H groups in total. The van der Waals surface area contributed by atoms with Crippen LogP contribution in [0.2, 0.25) is 0 Å². The molecule has 1 aliphatic heterocycles. The highest BCUT2D eigenvalue weighted by Crippen LogP contribution is 2.35. The standard InChI is InChI=1S/C7H7NO2/c1-2-7-9-5-3-8-4-6(5)10-7/h2-4,8H,1H3. The number of aromatic nitrogens is 1. The minimum absolute atomic E-state index is 0.555. The maximum Gasteiger partial charge on any atom is 0.286 e. The maximum absolute atomic E-state index is 5.20. The first-order chi connectivity index (χ1) is 4.90. The summed E-state index contributed by atoms with van der Waals surface area (Å²) >= 11 is 0. The number of hydrogen-bond acceptors (Lipinski definition) is 2. The molecule has 0 amide bonds. The SMILES string of the molecule is CC=C1Oc2c[nH]cc2O1. The smallest absolute Gasteiger partial charge is 0.286 e. The van der Waals surface area contributed by atoms with E-state index in [0.717, 1.165) is 11.5 Å². The summed E-state index contributed by atoms with van der Waals surface area (Å²) in [5.74, 6) is 2.07. The number of ether oxygens (including phenoxy) is 2. The lowest BCUT2D eigenvalue weighted by Gasteiger charge is -1.93. The van der Waals surface area contributed by atoms with Gasteiger partial charge in [0, 0.05) is 12.4 Å². The van der Waals surface area contributed by atoms with Crippen molar-refractivity contribution in [1.29, 1.82) is 0 Å². The quantitative estimate of drug-likeness (QED) is 0.589. The Morgan fingerprint density at radius 2 is 1.90 bits per heavy atom. The number of H-pyrrole nitrogens is 1. The van der Waals surface area contributed by atoms with Crippen molar-refractivity contribution in [3.8, 4) is 11.5 Å². The van der Waals surface area contributed by atoms with Crippen molar-refractivity contribution < 1.29 is 9.47 Å². The molecule has 0 radical (unpaired) electrons. The number of fused-ring (bicyclic) bond motifs is 1. The Bertz CT molecular complexity index is 252. The number of rotatable bonds is 0. The summed E-state index contributed by atoms with van der Waals surface area (Å²) in [7, 11) is 0. The third kappa shape index (κ3) is 0.603. The molecule has 10 heavy (non-hydrogen) atoms. The predicted molar refractivity (Wildman–Crippen MR) is 35.8 cm³/mol. The molecule has 0 fully saturated rings. The lowest BCUT2D eigenvalue weighted by Crippen LogP contribution is -1.92. The van der Waals surface area contributed by atoms with E-state index in [-0.39, 0.29) is 0 Å². The highest BCUT2D eigenvalue weighted by atomic mass is 16.7. The number of aromatic amines is 1. The van der Waals surface area contributed by atoms with Crippen molar-refractivity contribution in [1.82, 2.24) is 4.98 Å². The first-order valence-corrected chi connectivity index (χ1v) is 3.09. The molecule has 3 nitrogen and oxygen atoms in total. The summed E-state index contributed by atoms with van der Waals surface area (Å²) in [5, 5.41) is 0. The number of allylic oxidation sites excluding steroid dienone is 1. The summed E-state index contributed by atoms with van der Waals surface area (Å²) < 4.78 is 10.4. The average molecular weight is 137 g/mol. The van der Waals surface area contributed by atoms with Gasteiger partial charge in [-0.2, -0.15) is 0 Å². The van der Waals surface area contributed by atoms with Gasteiger partial charge in [0.15, 0.2) is 11.5 Å². The van der Waals surface area contributed by atoms with Crippen LogP contribution in [-0.4, -0.2) is 4.98 Å². The van der Waals surface area contributed by atoms with E-state index in [1.54, 1.807) is 18.5 Å². The molecule has 52 valence electrons. The number of nitrogens with one attached hydrogen (secondary N) is 1. The van der Waals surface area contributed by atoms with Gasteiger partial charge in [0.05, 0.1) is 0 Å². The van der Waals surface area contributed by atoms with Crippen molar-refractivity contribution in [2.24, 2.45) is 0 Å². The summed E-state index contributed by atoms with van der Waals surface area (Å²) in [6.45, 7) is 1.87. The minimum Gasteiger partial charge on any atom is -0.421 e. The van der Waals surface area contributed by atoms with Crippen molar-refractivity contribution in [2.45, 2.75) is 6.92 Å².